The van der Waals surface area contributed by atoms with Gasteiger partial charge in [0.15, 0.2) is 23.2 Å². The number of rotatable bonds is 7. The molecule has 8 atom stereocenters. The second-order valence-corrected chi connectivity index (χ2v) is 9.81. The van der Waals surface area contributed by atoms with Crippen LogP contribution in [-0.2, 0) is 14.2 Å². The summed E-state index contributed by atoms with van der Waals surface area (Å²) < 4.78 is 27.6. The Morgan fingerprint density at radius 1 is 0.927 bits per heavy atom. The van der Waals surface area contributed by atoms with Crippen molar-refractivity contribution in [2.45, 2.75) is 48.7 Å². The minimum Gasteiger partial charge on any atom is -0.507 e. The van der Waals surface area contributed by atoms with E-state index in [1.54, 1.807) is 0 Å². The van der Waals surface area contributed by atoms with Crippen molar-refractivity contribution in [2.24, 2.45) is 0 Å². The van der Waals surface area contributed by atoms with E-state index in [0.717, 1.165) is 12.1 Å². The number of phenolic OH excluding ortho intramolecular Hbond substituents is 3. The van der Waals surface area contributed by atoms with Crippen LogP contribution in [0.3, 0.4) is 0 Å². The van der Waals surface area contributed by atoms with Gasteiger partial charge in [0.1, 0.15) is 64.3 Å². The monoisotopic (exact) mass is 580 g/mol. The topological polar surface area (TPSA) is 249 Å². The number of phenols is 3. The second kappa shape index (κ2) is 11.1. The van der Waals surface area contributed by atoms with Gasteiger partial charge in [0.25, 0.3) is 0 Å². The highest BCUT2D eigenvalue weighted by molar-refractivity contribution is 5.86. The SMILES string of the molecule is O=c1cc(-c2ccc(O)c(O)c2)oc2cc(O[C@@H]3O[C@H](CO)[C@@H](O[C@@H]4OC[C@](O)(CO)[C@H]4O)[C@H](O)[C@H]3O)cc(O)c12. The maximum Gasteiger partial charge on any atom is 0.229 e. The van der Waals surface area contributed by atoms with Crippen LogP contribution in [0.25, 0.3) is 22.3 Å². The number of aromatic hydroxyl groups is 3. The lowest BCUT2D eigenvalue weighted by atomic mass is 9.98. The zero-order valence-corrected chi connectivity index (χ0v) is 21.1. The summed E-state index contributed by atoms with van der Waals surface area (Å²) in [6, 6.07) is 7.08. The molecule has 2 aliphatic heterocycles. The van der Waals surface area contributed by atoms with Crippen LogP contribution >= 0.6 is 0 Å². The Kier molecular flexibility index (Phi) is 7.82. The number of aliphatic hydroxyl groups excluding tert-OH is 5. The molecule has 9 N–H and O–H groups in total. The molecule has 2 saturated heterocycles. The van der Waals surface area contributed by atoms with E-state index < -0.39 is 85.4 Å². The molecule has 5 rings (SSSR count). The van der Waals surface area contributed by atoms with Crippen molar-refractivity contribution in [1.29, 1.82) is 0 Å². The summed E-state index contributed by atoms with van der Waals surface area (Å²) >= 11 is 0. The summed E-state index contributed by atoms with van der Waals surface area (Å²) in [6.45, 7) is -2.06. The molecule has 0 amide bonds. The first-order chi connectivity index (χ1) is 19.4. The number of ether oxygens (including phenoxy) is 4. The van der Waals surface area contributed by atoms with Gasteiger partial charge in [-0.3, -0.25) is 4.79 Å². The zero-order chi connectivity index (χ0) is 29.6. The molecule has 2 fully saturated rings. The van der Waals surface area contributed by atoms with E-state index in [2.05, 4.69) is 0 Å². The van der Waals surface area contributed by atoms with Crippen molar-refractivity contribution in [1.82, 2.24) is 0 Å². The van der Waals surface area contributed by atoms with Crippen LogP contribution in [0.5, 0.6) is 23.0 Å². The normalized spacial score (nSPS) is 31.9. The molecule has 0 radical (unpaired) electrons. The molecule has 15 heteroatoms. The third-order valence-corrected chi connectivity index (χ3v) is 6.99. The van der Waals surface area contributed by atoms with Gasteiger partial charge in [0.05, 0.1) is 19.8 Å². The summed E-state index contributed by atoms with van der Waals surface area (Å²) in [4.78, 5) is 12.7. The molecule has 3 heterocycles. The van der Waals surface area contributed by atoms with Gasteiger partial charge in [-0.15, -0.1) is 0 Å². The molecule has 0 unspecified atom stereocenters. The van der Waals surface area contributed by atoms with E-state index in [0.29, 0.717) is 0 Å². The minimum absolute atomic E-state index is 0.0107. The van der Waals surface area contributed by atoms with Crippen LogP contribution in [0.2, 0.25) is 0 Å². The van der Waals surface area contributed by atoms with E-state index in [1.165, 1.54) is 24.3 Å². The standard InChI is InChI=1S/C26H28O15/c27-7-18-22(41-25-23(35)26(36,8-28)9-37-25)20(33)21(34)24(40-18)38-11-4-14(31)19-15(32)6-16(39-17(19)5-11)10-1-2-12(29)13(30)3-10/h1-6,18,20-25,27-31,33-36H,7-9H2/t18-,20-,21-,22-,23+,24-,25+,26-/m1/s1. The lowest BCUT2D eigenvalue weighted by Gasteiger charge is -2.42. The fourth-order valence-corrected chi connectivity index (χ4v) is 4.65. The smallest absolute Gasteiger partial charge is 0.229 e. The van der Waals surface area contributed by atoms with E-state index in [9.17, 15) is 50.8 Å². The fraction of sp³-hybridized carbons (Fsp3) is 0.423. The molecule has 41 heavy (non-hydrogen) atoms. The van der Waals surface area contributed by atoms with Crippen molar-refractivity contribution < 1.29 is 69.3 Å². The Morgan fingerprint density at radius 2 is 1.68 bits per heavy atom. The van der Waals surface area contributed by atoms with Crippen LogP contribution < -0.4 is 10.2 Å². The lowest BCUT2D eigenvalue weighted by Crippen LogP contribution is -2.62. The Labute approximate surface area is 230 Å². The Bertz CT molecular complexity index is 1470. The van der Waals surface area contributed by atoms with Crippen LogP contribution in [0.1, 0.15) is 0 Å². The maximum atomic E-state index is 12.7. The Hall–Kier alpha value is -3.51. The molecule has 0 bridgehead atoms. The van der Waals surface area contributed by atoms with Crippen molar-refractivity contribution in [3.05, 3.63) is 46.6 Å². The summed E-state index contributed by atoms with van der Waals surface area (Å²) in [5.41, 5.74) is -2.55. The molecule has 0 spiro atoms. The highest BCUT2D eigenvalue weighted by Gasteiger charge is 2.53. The molecule has 3 aromatic rings. The van der Waals surface area contributed by atoms with Crippen molar-refractivity contribution in [3.8, 4) is 34.3 Å². The van der Waals surface area contributed by atoms with Gasteiger partial charge < -0.3 is 69.3 Å². The van der Waals surface area contributed by atoms with Crippen molar-refractivity contribution >= 4 is 11.0 Å². The van der Waals surface area contributed by atoms with Gasteiger partial charge >= 0.3 is 0 Å². The largest absolute Gasteiger partial charge is 0.507 e. The Balaban J connectivity index is 1.38. The first-order valence-electron chi connectivity index (χ1n) is 12.4. The second-order valence-electron chi connectivity index (χ2n) is 9.81. The van der Waals surface area contributed by atoms with Crippen LogP contribution in [0.4, 0.5) is 0 Å². The van der Waals surface area contributed by atoms with Gasteiger partial charge in [-0.2, -0.15) is 0 Å². The first-order valence-corrected chi connectivity index (χ1v) is 12.4. The summed E-state index contributed by atoms with van der Waals surface area (Å²) in [5, 5.41) is 90.7. The highest BCUT2D eigenvalue weighted by Crippen LogP contribution is 2.36. The summed E-state index contributed by atoms with van der Waals surface area (Å²) in [5.74, 6) is -1.56. The fourth-order valence-electron chi connectivity index (χ4n) is 4.65. The molecule has 15 nitrogen and oxygen atoms in total. The highest BCUT2D eigenvalue weighted by atomic mass is 16.7. The van der Waals surface area contributed by atoms with Gasteiger partial charge in [-0.05, 0) is 18.2 Å². The van der Waals surface area contributed by atoms with E-state index in [4.69, 9.17) is 23.4 Å². The predicted octanol–water partition coefficient (Wildman–Crippen LogP) is -1.78. The minimum atomic E-state index is -2.01. The van der Waals surface area contributed by atoms with Crippen LogP contribution in [-0.4, -0.2) is 114 Å². The van der Waals surface area contributed by atoms with E-state index in [-0.39, 0.29) is 33.8 Å². The quantitative estimate of drug-likeness (QED) is 0.140. The molecule has 0 aliphatic carbocycles. The summed E-state index contributed by atoms with van der Waals surface area (Å²) in [7, 11) is 0. The number of fused-ring (bicyclic) bond motifs is 1. The predicted molar refractivity (Wildman–Crippen MR) is 134 cm³/mol. The molecule has 2 aliphatic rings. The Morgan fingerprint density at radius 3 is 2.34 bits per heavy atom. The third kappa shape index (κ3) is 5.30. The zero-order valence-electron chi connectivity index (χ0n) is 21.1. The molecule has 0 saturated carbocycles. The molecule has 2 aromatic carbocycles. The molecular weight excluding hydrogens is 552 g/mol. The van der Waals surface area contributed by atoms with Gasteiger partial charge in [0, 0.05) is 23.8 Å². The van der Waals surface area contributed by atoms with Gasteiger partial charge in [-0.25, -0.2) is 0 Å². The lowest BCUT2D eigenvalue weighted by molar-refractivity contribution is -0.313. The molecule has 222 valence electrons. The number of aliphatic hydroxyl groups is 6. The number of hydrogen-bond donors (Lipinski definition) is 9. The van der Waals surface area contributed by atoms with Crippen LogP contribution in [0, 0.1) is 0 Å². The summed E-state index contributed by atoms with van der Waals surface area (Å²) in [6.07, 6.45) is -11.3. The molecule has 1 aromatic heterocycles. The van der Waals surface area contributed by atoms with Crippen molar-refractivity contribution in [2.75, 3.05) is 19.8 Å². The van der Waals surface area contributed by atoms with Gasteiger partial charge in [0.2, 0.25) is 6.29 Å². The van der Waals surface area contributed by atoms with Crippen molar-refractivity contribution in [3.63, 3.8) is 0 Å². The van der Waals surface area contributed by atoms with Crippen LogP contribution in [0.15, 0.2) is 45.6 Å². The third-order valence-electron chi connectivity index (χ3n) is 6.99. The number of hydrogen-bond acceptors (Lipinski definition) is 15. The molecular formula is C26H28O15. The van der Waals surface area contributed by atoms with E-state index >= 15 is 0 Å². The van der Waals surface area contributed by atoms with E-state index in [1.807, 2.05) is 0 Å². The first kappa shape index (κ1) is 29.0. The average molecular weight is 580 g/mol. The number of benzene rings is 2. The average Bonchev–Trinajstić information content (AvgIpc) is 3.22. The maximum absolute atomic E-state index is 12.7. The van der Waals surface area contributed by atoms with Gasteiger partial charge in [-0.1, -0.05) is 0 Å².